The lowest BCUT2D eigenvalue weighted by Gasteiger charge is -2.17. The van der Waals surface area contributed by atoms with E-state index in [1.165, 1.54) is 22.3 Å². The van der Waals surface area contributed by atoms with Gasteiger partial charge in [-0.15, -0.1) is 0 Å². The van der Waals surface area contributed by atoms with Crippen LogP contribution < -0.4 is 10.1 Å². The highest BCUT2D eigenvalue weighted by Crippen LogP contribution is 2.40. The summed E-state index contributed by atoms with van der Waals surface area (Å²) in [4.78, 5) is 0. The summed E-state index contributed by atoms with van der Waals surface area (Å²) in [6, 6.07) is 15.1. The van der Waals surface area contributed by atoms with Crippen LogP contribution in [0.2, 0.25) is 0 Å². The Balaban J connectivity index is 2.08. The third-order valence-electron chi connectivity index (χ3n) is 3.99. The summed E-state index contributed by atoms with van der Waals surface area (Å²) >= 11 is 0. The van der Waals surface area contributed by atoms with E-state index in [0.29, 0.717) is 0 Å². The largest absolute Gasteiger partial charge is 0.492 e. The topological polar surface area (TPSA) is 21.3 Å². The molecule has 0 bridgehead atoms. The number of hydrogen-bond acceptors (Lipinski definition) is 2. The van der Waals surface area contributed by atoms with Gasteiger partial charge in [-0.2, -0.15) is 0 Å². The van der Waals surface area contributed by atoms with Crippen molar-refractivity contribution in [1.82, 2.24) is 5.32 Å². The van der Waals surface area contributed by atoms with Gasteiger partial charge in [-0.05, 0) is 35.9 Å². The lowest BCUT2D eigenvalue weighted by atomic mass is 9.85. The van der Waals surface area contributed by atoms with Crippen LogP contribution in [0.25, 0.3) is 11.1 Å². The molecule has 2 aromatic carbocycles. The van der Waals surface area contributed by atoms with E-state index < -0.39 is 0 Å². The molecule has 0 spiro atoms. The third kappa shape index (κ3) is 2.20. The van der Waals surface area contributed by atoms with Gasteiger partial charge in [0.25, 0.3) is 0 Å². The van der Waals surface area contributed by atoms with Crippen LogP contribution in [-0.2, 0) is 12.0 Å². The molecule has 0 saturated heterocycles. The van der Waals surface area contributed by atoms with Crippen molar-refractivity contribution in [3.05, 3.63) is 53.6 Å². The number of benzene rings is 2. The summed E-state index contributed by atoms with van der Waals surface area (Å²) in [5.41, 5.74) is 5.31. The van der Waals surface area contributed by atoms with Crippen molar-refractivity contribution in [2.24, 2.45) is 0 Å². The van der Waals surface area contributed by atoms with Crippen LogP contribution in [0, 0.1) is 0 Å². The second kappa shape index (κ2) is 4.95. The highest BCUT2D eigenvalue weighted by Gasteiger charge is 2.31. The van der Waals surface area contributed by atoms with E-state index in [2.05, 4.69) is 61.6 Å². The number of fused-ring (bicyclic) bond motifs is 1. The first kappa shape index (κ1) is 13.2. The molecule has 20 heavy (non-hydrogen) atoms. The molecule has 0 atom stereocenters. The molecule has 2 nitrogen and oxygen atoms in total. The summed E-state index contributed by atoms with van der Waals surface area (Å²) in [6.07, 6.45) is 0. The lowest BCUT2D eigenvalue weighted by molar-refractivity contribution is 0.291. The monoisotopic (exact) mass is 267 g/mol. The predicted molar refractivity (Wildman–Crippen MR) is 83.2 cm³/mol. The van der Waals surface area contributed by atoms with Gasteiger partial charge < -0.3 is 10.1 Å². The molecule has 1 aliphatic rings. The van der Waals surface area contributed by atoms with Crippen LogP contribution in [0.3, 0.4) is 0 Å². The first-order valence-corrected chi connectivity index (χ1v) is 7.12. The molecule has 1 aliphatic heterocycles. The van der Waals surface area contributed by atoms with Gasteiger partial charge in [-0.3, -0.25) is 0 Å². The van der Waals surface area contributed by atoms with E-state index in [9.17, 15) is 0 Å². The fourth-order valence-electron chi connectivity index (χ4n) is 2.83. The SMILES string of the molecule is CNCc1ccccc1-c1ccc2c(c1)C(C)(C)CO2. The molecule has 1 heterocycles. The summed E-state index contributed by atoms with van der Waals surface area (Å²) in [7, 11) is 1.98. The fourth-order valence-corrected chi connectivity index (χ4v) is 2.83. The van der Waals surface area contributed by atoms with E-state index in [0.717, 1.165) is 18.9 Å². The van der Waals surface area contributed by atoms with E-state index in [4.69, 9.17) is 4.74 Å². The summed E-state index contributed by atoms with van der Waals surface area (Å²) in [5, 5.41) is 3.24. The standard InChI is InChI=1S/C18H21NO/c1-18(2)12-20-17-9-8-13(10-16(17)18)15-7-5-4-6-14(15)11-19-3/h4-10,19H,11-12H2,1-3H3. The number of nitrogens with one attached hydrogen (secondary N) is 1. The molecule has 1 N–H and O–H groups in total. The maximum atomic E-state index is 5.77. The normalized spacial score (nSPS) is 15.8. The van der Waals surface area contributed by atoms with Crippen LogP contribution in [0.1, 0.15) is 25.0 Å². The van der Waals surface area contributed by atoms with Crippen molar-refractivity contribution in [2.75, 3.05) is 13.7 Å². The summed E-state index contributed by atoms with van der Waals surface area (Å²) in [6.45, 7) is 6.13. The average Bonchev–Trinajstić information content (AvgIpc) is 2.75. The van der Waals surface area contributed by atoms with Gasteiger partial charge in [-0.25, -0.2) is 0 Å². The zero-order chi connectivity index (χ0) is 14.2. The van der Waals surface area contributed by atoms with E-state index in [1.54, 1.807) is 0 Å². The molecule has 0 fully saturated rings. The van der Waals surface area contributed by atoms with Gasteiger partial charge in [0, 0.05) is 17.5 Å². The molecule has 2 heteroatoms. The maximum absolute atomic E-state index is 5.77. The molecule has 104 valence electrons. The van der Waals surface area contributed by atoms with Gasteiger partial charge >= 0.3 is 0 Å². The minimum atomic E-state index is 0.100. The Hall–Kier alpha value is -1.80. The van der Waals surface area contributed by atoms with Gasteiger partial charge in [0.2, 0.25) is 0 Å². The molecule has 3 rings (SSSR count). The van der Waals surface area contributed by atoms with Crippen LogP contribution in [0.15, 0.2) is 42.5 Å². The Kier molecular flexibility index (Phi) is 3.27. The smallest absolute Gasteiger partial charge is 0.123 e. The van der Waals surface area contributed by atoms with E-state index in [1.807, 2.05) is 7.05 Å². The average molecular weight is 267 g/mol. The maximum Gasteiger partial charge on any atom is 0.123 e. The minimum Gasteiger partial charge on any atom is -0.492 e. The first-order chi connectivity index (χ1) is 9.62. The fraction of sp³-hybridized carbons (Fsp3) is 0.333. The molecule has 0 saturated carbocycles. The second-order valence-corrected chi connectivity index (χ2v) is 6.07. The van der Waals surface area contributed by atoms with Crippen LogP contribution in [0.4, 0.5) is 0 Å². The van der Waals surface area contributed by atoms with Crippen molar-refractivity contribution in [3.8, 4) is 16.9 Å². The Bertz CT molecular complexity index is 631. The zero-order valence-corrected chi connectivity index (χ0v) is 12.4. The van der Waals surface area contributed by atoms with Crippen LogP contribution >= 0.6 is 0 Å². The molecular weight excluding hydrogens is 246 g/mol. The highest BCUT2D eigenvalue weighted by atomic mass is 16.5. The number of hydrogen-bond donors (Lipinski definition) is 1. The molecular formula is C18H21NO. The van der Waals surface area contributed by atoms with E-state index in [-0.39, 0.29) is 5.41 Å². The van der Waals surface area contributed by atoms with Crippen molar-refractivity contribution < 1.29 is 4.74 Å². The van der Waals surface area contributed by atoms with Crippen molar-refractivity contribution in [3.63, 3.8) is 0 Å². The molecule has 2 aromatic rings. The van der Waals surface area contributed by atoms with Gasteiger partial charge in [0.15, 0.2) is 0 Å². The zero-order valence-electron chi connectivity index (χ0n) is 12.4. The van der Waals surface area contributed by atoms with Crippen molar-refractivity contribution >= 4 is 0 Å². The molecule has 0 aliphatic carbocycles. The van der Waals surface area contributed by atoms with Crippen LogP contribution in [0.5, 0.6) is 5.75 Å². The van der Waals surface area contributed by atoms with Crippen LogP contribution in [-0.4, -0.2) is 13.7 Å². The number of rotatable bonds is 3. The van der Waals surface area contributed by atoms with Gasteiger partial charge in [0.05, 0.1) is 6.61 Å². The Morgan fingerprint density at radius 3 is 2.75 bits per heavy atom. The predicted octanol–water partition coefficient (Wildman–Crippen LogP) is 3.74. The van der Waals surface area contributed by atoms with Gasteiger partial charge in [0.1, 0.15) is 5.75 Å². The highest BCUT2D eigenvalue weighted by molar-refractivity contribution is 5.70. The Morgan fingerprint density at radius 2 is 1.95 bits per heavy atom. The molecule has 0 unspecified atom stereocenters. The van der Waals surface area contributed by atoms with Crippen molar-refractivity contribution in [1.29, 1.82) is 0 Å². The molecule has 0 aromatic heterocycles. The molecule has 0 amide bonds. The Morgan fingerprint density at radius 1 is 1.15 bits per heavy atom. The summed E-state index contributed by atoms with van der Waals surface area (Å²) < 4.78 is 5.77. The molecule has 0 radical (unpaired) electrons. The lowest BCUT2D eigenvalue weighted by Crippen LogP contribution is -2.18. The van der Waals surface area contributed by atoms with Crippen molar-refractivity contribution in [2.45, 2.75) is 25.8 Å². The van der Waals surface area contributed by atoms with Gasteiger partial charge in [-0.1, -0.05) is 44.2 Å². The summed E-state index contributed by atoms with van der Waals surface area (Å²) in [5.74, 6) is 1.03. The third-order valence-corrected chi connectivity index (χ3v) is 3.99. The first-order valence-electron chi connectivity index (χ1n) is 7.12. The minimum absolute atomic E-state index is 0.100. The quantitative estimate of drug-likeness (QED) is 0.914. The number of ether oxygens (including phenoxy) is 1. The Labute approximate surface area is 120 Å². The van der Waals surface area contributed by atoms with E-state index >= 15 is 0 Å². The second-order valence-electron chi connectivity index (χ2n) is 6.07.